The fraction of sp³-hybridized carbons (Fsp3) is 0.333. The Hall–Kier alpha value is -3.48. The van der Waals surface area contributed by atoms with Crippen molar-refractivity contribution in [2.75, 3.05) is 13.7 Å². The monoisotopic (exact) mass is 424 g/mol. The Kier molecular flexibility index (Phi) is 5.13. The van der Waals surface area contributed by atoms with Gasteiger partial charge in [0.15, 0.2) is 0 Å². The Bertz CT molecular complexity index is 1220. The third kappa shape index (κ3) is 3.60. The van der Waals surface area contributed by atoms with Crippen molar-refractivity contribution >= 4 is 16.9 Å². The lowest BCUT2D eigenvalue weighted by atomic mass is 9.92. The zero-order valence-electron chi connectivity index (χ0n) is 17.9. The van der Waals surface area contributed by atoms with Crippen LogP contribution in [-0.2, 0) is 11.2 Å². The molecule has 1 aliphatic rings. The molecule has 162 valence electrons. The molecule has 0 aliphatic carbocycles. The van der Waals surface area contributed by atoms with Gasteiger partial charge < -0.3 is 23.7 Å². The van der Waals surface area contributed by atoms with Crippen LogP contribution in [0, 0.1) is 0 Å². The zero-order valence-corrected chi connectivity index (χ0v) is 17.9. The minimum absolute atomic E-state index is 0.0147. The number of methoxy groups -OCH3 is 1. The molecule has 0 amide bonds. The molecule has 7 nitrogen and oxygen atoms in total. The van der Waals surface area contributed by atoms with E-state index in [0.717, 1.165) is 0 Å². The molecule has 4 rings (SSSR count). The van der Waals surface area contributed by atoms with Gasteiger partial charge in [-0.15, -0.1) is 0 Å². The van der Waals surface area contributed by atoms with Crippen LogP contribution in [0.15, 0.2) is 39.5 Å². The molecule has 2 aromatic carbocycles. The molecule has 0 saturated carbocycles. The molecular weight excluding hydrogens is 400 g/mol. The van der Waals surface area contributed by atoms with E-state index in [4.69, 9.17) is 18.6 Å². The number of carbonyl (C=O) groups excluding carboxylic acids is 1. The molecule has 0 spiro atoms. The summed E-state index contributed by atoms with van der Waals surface area (Å²) in [6.45, 7) is 5.69. The minimum atomic E-state index is -0.749. The van der Waals surface area contributed by atoms with E-state index in [1.54, 1.807) is 31.2 Å². The highest BCUT2D eigenvalue weighted by Gasteiger charge is 2.32. The lowest BCUT2D eigenvalue weighted by Crippen LogP contribution is -2.32. The number of hydrogen-bond acceptors (Lipinski definition) is 7. The molecule has 0 atom stereocenters. The second kappa shape index (κ2) is 7.65. The Morgan fingerprint density at radius 3 is 2.58 bits per heavy atom. The molecule has 1 aliphatic heterocycles. The second-order valence-corrected chi connectivity index (χ2v) is 8.02. The number of hydrogen-bond donors (Lipinski definition) is 1. The first-order valence-corrected chi connectivity index (χ1v) is 10.1. The highest BCUT2D eigenvalue weighted by atomic mass is 16.5. The highest BCUT2D eigenvalue weighted by Crippen LogP contribution is 2.42. The minimum Gasteiger partial charge on any atom is -0.507 e. The standard InChI is InChI=1S/C24H24O7/c1-5-29-23(27)22-18(13-6-8-14(28-4)9-7-13)20(26)19-16(25)12-17-15(21(19)30-22)10-11-24(2,3)31-17/h6-9,12,25H,5,10-11H2,1-4H3. The first kappa shape index (κ1) is 20.8. The smallest absolute Gasteiger partial charge is 0.375 e. The van der Waals surface area contributed by atoms with Crippen LogP contribution in [0.5, 0.6) is 17.2 Å². The van der Waals surface area contributed by atoms with Crippen molar-refractivity contribution in [1.29, 1.82) is 0 Å². The SMILES string of the molecule is CCOC(=O)c1oc2c3c(cc(O)c2c(=O)c1-c1ccc(OC)cc1)OC(C)(C)CC3. The normalized spacial score (nSPS) is 14.6. The summed E-state index contributed by atoms with van der Waals surface area (Å²) < 4.78 is 22.3. The first-order chi connectivity index (χ1) is 14.8. The molecule has 1 aromatic heterocycles. The molecule has 0 unspecified atom stereocenters. The quantitative estimate of drug-likeness (QED) is 0.618. The molecule has 0 fully saturated rings. The van der Waals surface area contributed by atoms with Gasteiger partial charge in [0.1, 0.15) is 33.8 Å². The number of carbonyl (C=O) groups is 1. The predicted molar refractivity (Wildman–Crippen MR) is 115 cm³/mol. The fourth-order valence-corrected chi connectivity index (χ4v) is 3.84. The number of aryl methyl sites for hydroxylation is 1. The van der Waals surface area contributed by atoms with E-state index in [1.807, 2.05) is 13.8 Å². The summed E-state index contributed by atoms with van der Waals surface area (Å²) >= 11 is 0. The van der Waals surface area contributed by atoms with Crippen molar-refractivity contribution in [1.82, 2.24) is 0 Å². The number of benzene rings is 2. The summed E-state index contributed by atoms with van der Waals surface area (Å²) in [6, 6.07) is 8.10. The van der Waals surface area contributed by atoms with Gasteiger partial charge in [0, 0.05) is 11.6 Å². The summed E-state index contributed by atoms with van der Waals surface area (Å²) in [5.74, 6) is -0.173. The molecule has 7 heteroatoms. The average molecular weight is 424 g/mol. The second-order valence-electron chi connectivity index (χ2n) is 8.02. The van der Waals surface area contributed by atoms with Crippen LogP contribution in [0.25, 0.3) is 22.1 Å². The van der Waals surface area contributed by atoms with Gasteiger partial charge in [-0.3, -0.25) is 4.79 Å². The van der Waals surface area contributed by atoms with Crippen molar-refractivity contribution in [3.05, 3.63) is 51.9 Å². The molecule has 2 heterocycles. The maximum atomic E-state index is 13.5. The van der Waals surface area contributed by atoms with Crippen LogP contribution in [0.3, 0.4) is 0 Å². The summed E-state index contributed by atoms with van der Waals surface area (Å²) in [5.41, 5.74) is 0.349. The number of aromatic hydroxyl groups is 1. The van der Waals surface area contributed by atoms with E-state index < -0.39 is 17.0 Å². The van der Waals surface area contributed by atoms with E-state index >= 15 is 0 Å². The van der Waals surface area contributed by atoms with Crippen molar-refractivity contribution in [3.63, 3.8) is 0 Å². The number of fused-ring (bicyclic) bond motifs is 3. The molecule has 0 saturated heterocycles. The van der Waals surface area contributed by atoms with Gasteiger partial charge in [-0.25, -0.2) is 4.79 Å². The Morgan fingerprint density at radius 2 is 1.94 bits per heavy atom. The Labute approximate surface area is 179 Å². The molecule has 0 bridgehead atoms. The summed E-state index contributed by atoms with van der Waals surface area (Å²) in [7, 11) is 1.54. The fourth-order valence-electron chi connectivity index (χ4n) is 3.84. The lowest BCUT2D eigenvalue weighted by molar-refractivity contribution is 0.0491. The van der Waals surface area contributed by atoms with Crippen LogP contribution < -0.4 is 14.9 Å². The summed E-state index contributed by atoms with van der Waals surface area (Å²) in [4.78, 5) is 26.3. The maximum Gasteiger partial charge on any atom is 0.375 e. The molecule has 3 aromatic rings. The van der Waals surface area contributed by atoms with Gasteiger partial charge in [0.05, 0.1) is 19.3 Å². The third-order valence-electron chi connectivity index (χ3n) is 5.41. The van der Waals surface area contributed by atoms with Crippen LogP contribution in [-0.4, -0.2) is 30.4 Å². The van der Waals surface area contributed by atoms with Crippen molar-refractivity contribution in [3.8, 4) is 28.4 Å². The number of esters is 1. The van der Waals surface area contributed by atoms with Gasteiger partial charge in [-0.1, -0.05) is 12.1 Å². The largest absolute Gasteiger partial charge is 0.507 e. The predicted octanol–water partition coefficient (Wildman–Crippen LogP) is 4.45. The van der Waals surface area contributed by atoms with Gasteiger partial charge in [0.25, 0.3) is 0 Å². The van der Waals surface area contributed by atoms with Crippen molar-refractivity contribution in [2.45, 2.75) is 39.2 Å². The summed E-state index contributed by atoms with van der Waals surface area (Å²) in [6.07, 6.45) is 1.27. The maximum absolute atomic E-state index is 13.5. The molecule has 31 heavy (non-hydrogen) atoms. The van der Waals surface area contributed by atoms with E-state index in [2.05, 4.69) is 0 Å². The van der Waals surface area contributed by atoms with Crippen LogP contribution in [0.2, 0.25) is 0 Å². The van der Waals surface area contributed by atoms with E-state index in [9.17, 15) is 14.7 Å². The summed E-state index contributed by atoms with van der Waals surface area (Å²) in [5, 5.41) is 10.7. The van der Waals surface area contributed by atoms with Gasteiger partial charge >= 0.3 is 5.97 Å². The molecule has 0 radical (unpaired) electrons. The Balaban J connectivity index is 2.04. The first-order valence-electron chi connectivity index (χ1n) is 10.1. The van der Waals surface area contributed by atoms with Gasteiger partial charge in [-0.2, -0.15) is 0 Å². The number of rotatable bonds is 4. The lowest BCUT2D eigenvalue weighted by Gasteiger charge is -2.32. The topological polar surface area (TPSA) is 95.2 Å². The Morgan fingerprint density at radius 1 is 1.23 bits per heavy atom. The number of ether oxygens (including phenoxy) is 3. The number of phenols is 1. The molecular formula is C24H24O7. The van der Waals surface area contributed by atoms with E-state index in [-0.39, 0.29) is 34.6 Å². The third-order valence-corrected chi connectivity index (χ3v) is 5.41. The highest BCUT2D eigenvalue weighted by molar-refractivity contribution is 6.00. The van der Waals surface area contributed by atoms with E-state index in [1.165, 1.54) is 13.2 Å². The van der Waals surface area contributed by atoms with Crippen molar-refractivity contribution in [2.24, 2.45) is 0 Å². The van der Waals surface area contributed by atoms with Gasteiger partial charge in [0.2, 0.25) is 11.2 Å². The average Bonchev–Trinajstić information content (AvgIpc) is 2.72. The van der Waals surface area contributed by atoms with Crippen LogP contribution in [0.4, 0.5) is 0 Å². The van der Waals surface area contributed by atoms with Crippen molar-refractivity contribution < 1.29 is 28.5 Å². The van der Waals surface area contributed by atoms with Crippen LogP contribution >= 0.6 is 0 Å². The zero-order chi connectivity index (χ0) is 22.3. The van der Waals surface area contributed by atoms with Gasteiger partial charge in [-0.05, 0) is 51.3 Å². The van der Waals surface area contributed by atoms with Crippen LogP contribution in [0.1, 0.15) is 43.3 Å². The van der Waals surface area contributed by atoms with E-state index in [0.29, 0.717) is 35.5 Å². The number of phenolic OH excluding ortho intramolecular Hbond substituents is 1. The molecule has 1 N–H and O–H groups in total.